The van der Waals surface area contributed by atoms with Gasteiger partial charge in [-0.3, -0.25) is 4.79 Å². The molecule has 0 aliphatic heterocycles. The van der Waals surface area contributed by atoms with Crippen LogP contribution in [0.3, 0.4) is 0 Å². The molecule has 0 bridgehead atoms. The van der Waals surface area contributed by atoms with E-state index in [0.29, 0.717) is 24.8 Å². The molecule has 3 rings (SSSR count). The van der Waals surface area contributed by atoms with Gasteiger partial charge in [-0.1, -0.05) is 11.6 Å². The standard InChI is InChI=1S/C21H26N4O2/c1-2-27-18-10-8-17(9-11-18)24-21-23-15-13-19(25-21)20(26)22-14-12-16-6-4-3-5-7-16/h6,8-11,13,15H,2-5,7,12,14H2,1H3,(H,22,26)(H,23,24,25). The van der Waals surface area contributed by atoms with Crippen LogP contribution >= 0.6 is 0 Å². The largest absolute Gasteiger partial charge is 0.494 e. The summed E-state index contributed by atoms with van der Waals surface area (Å²) in [7, 11) is 0. The molecular weight excluding hydrogens is 340 g/mol. The topological polar surface area (TPSA) is 76.1 Å². The number of anilines is 2. The summed E-state index contributed by atoms with van der Waals surface area (Å²) in [4.78, 5) is 20.8. The van der Waals surface area contributed by atoms with E-state index >= 15 is 0 Å². The highest BCUT2D eigenvalue weighted by molar-refractivity contribution is 5.92. The molecule has 0 saturated heterocycles. The van der Waals surface area contributed by atoms with Gasteiger partial charge < -0.3 is 15.4 Å². The number of nitrogens with one attached hydrogen (secondary N) is 2. The van der Waals surface area contributed by atoms with Gasteiger partial charge >= 0.3 is 0 Å². The third-order valence-electron chi connectivity index (χ3n) is 4.43. The van der Waals surface area contributed by atoms with Gasteiger partial charge in [-0.25, -0.2) is 9.97 Å². The van der Waals surface area contributed by atoms with Crippen LogP contribution in [-0.4, -0.2) is 29.0 Å². The quantitative estimate of drug-likeness (QED) is 0.684. The summed E-state index contributed by atoms with van der Waals surface area (Å²) in [5, 5.41) is 6.05. The molecule has 2 aromatic rings. The third kappa shape index (κ3) is 5.81. The van der Waals surface area contributed by atoms with Crippen molar-refractivity contribution in [2.75, 3.05) is 18.5 Å². The highest BCUT2D eigenvalue weighted by Gasteiger charge is 2.10. The summed E-state index contributed by atoms with van der Waals surface area (Å²) < 4.78 is 5.43. The Labute approximate surface area is 160 Å². The predicted molar refractivity (Wildman–Crippen MR) is 106 cm³/mol. The van der Waals surface area contributed by atoms with E-state index in [1.54, 1.807) is 12.3 Å². The second-order valence-electron chi connectivity index (χ2n) is 6.46. The number of ether oxygens (including phenoxy) is 1. The van der Waals surface area contributed by atoms with Crippen LogP contribution in [0.15, 0.2) is 48.2 Å². The maximum absolute atomic E-state index is 12.3. The minimum absolute atomic E-state index is 0.177. The Hall–Kier alpha value is -2.89. The molecule has 27 heavy (non-hydrogen) atoms. The smallest absolute Gasteiger partial charge is 0.270 e. The highest BCUT2D eigenvalue weighted by Crippen LogP contribution is 2.20. The normalized spacial score (nSPS) is 13.6. The van der Waals surface area contributed by atoms with Crippen LogP contribution in [0.1, 0.15) is 49.5 Å². The molecule has 0 saturated carbocycles. The van der Waals surface area contributed by atoms with E-state index < -0.39 is 0 Å². The summed E-state index contributed by atoms with van der Waals surface area (Å²) in [6.07, 6.45) is 9.65. The Morgan fingerprint density at radius 1 is 1.19 bits per heavy atom. The van der Waals surface area contributed by atoms with Crippen molar-refractivity contribution in [2.24, 2.45) is 0 Å². The number of benzene rings is 1. The van der Waals surface area contributed by atoms with E-state index in [1.807, 2.05) is 31.2 Å². The average Bonchev–Trinajstić information content (AvgIpc) is 2.71. The Balaban J connectivity index is 1.54. The maximum atomic E-state index is 12.3. The second kappa shape index (κ2) is 9.71. The number of carbonyl (C=O) groups is 1. The minimum atomic E-state index is -0.177. The average molecular weight is 366 g/mol. The molecule has 1 aromatic heterocycles. The second-order valence-corrected chi connectivity index (χ2v) is 6.46. The van der Waals surface area contributed by atoms with E-state index in [9.17, 15) is 4.79 Å². The van der Waals surface area contributed by atoms with Gasteiger partial charge in [0.1, 0.15) is 11.4 Å². The SMILES string of the molecule is CCOc1ccc(Nc2nccc(C(=O)NCCC3=CCCCC3)n2)cc1. The highest BCUT2D eigenvalue weighted by atomic mass is 16.5. The summed E-state index contributed by atoms with van der Waals surface area (Å²) in [5.41, 5.74) is 2.64. The molecule has 6 nitrogen and oxygen atoms in total. The van der Waals surface area contributed by atoms with Crippen LogP contribution in [0.25, 0.3) is 0 Å². The van der Waals surface area contributed by atoms with Crippen molar-refractivity contribution in [3.8, 4) is 5.75 Å². The van der Waals surface area contributed by atoms with Crippen LogP contribution in [0, 0.1) is 0 Å². The molecule has 1 aromatic carbocycles. The molecule has 0 spiro atoms. The van der Waals surface area contributed by atoms with Crippen molar-refractivity contribution in [1.82, 2.24) is 15.3 Å². The number of hydrogen-bond donors (Lipinski definition) is 2. The van der Waals surface area contributed by atoms with Crippen LogP contribution in [0.2, 0.25) is 0 Å². The summed E-state index contributed by atoms with van der Waals surface area (Å²) in [6.45, 7) is 3.21. The lowest BCUT2D eigenvalue weighted by molar-refractivity contribution is 0.0949. The number of hydrogen-bond acceptors (Lipinski definition) is 5. The fourth-order valence-electron chi connectivity index (χ4n) is 3.03. The van der Waals surface area contributed by atoms with E-state index in [1.165, 1.54) is 18.4 Å². The molecular formula is C21H26N4O2. The first kappa shape index (κ1) is 18.9. The van der Waals surface area contributed by atoms with Crippen LogP contribution < -0.4 is 15.4 Å². The van der Waals surface area contributed by atoms with Gasteiger partial charge in [-0.15, -0.1) is 0 Å². The maximum Gasteiger partial charge on any atom is 0.270 e. The van der Waals surface area contributed by atoms with E-state index in [4.69, 9.17) is 4.74 Å². The van der Waals surface area contributed by atoms with E-state index in [0.717, 1.165) is 30.7 Å². The van der Waals surface area contributed by atoms with Crippen molar-refractivity contribution in [3.63, 3.8) is 0 Å². The van der Waals surface area contributed by atoms with Crippen molar-refractivity contribution >= 4 is 17.5 Å². The number of nitrogens with zero attached hydrogens (tertiary/aromatic N) is 2. The lowest BCUT2D eigenvalue weighted by Crippen LogP contribution is -2.26. The lowest BCUT2D eigenvalue weighted by Gasteiger charge is -2.13. The molecule has 0 atom stereocenters. The van der Waals surface area contributed by atoms with E-state index in [2.05, 4.69) is 26.7 Å². The Kier molecular flexibility index (Phi) is 6.79. The minimum Gasteiger partial charge on any atom is -0.494 e. The van der Waals surface area contributed by atoms with Crippen molar-refractivity contribution in [3.05, 3.63) is 53.9 Å². The molecule has 2 N–H and O–H groups in total. The van der Waals surface area contributed by atoms with Gasteiger partial charge in [-0.2, -0.15) is 0 Å². The molecule has 1 heterocycles. The Bertz CT molecular complexity index is 787. The third-order valence-corrected chi connectivity index (χ3v) is 4.43. The zero-order valence-electron chi connectivity index (χ0n) is 15.7. The first-order chi connectivity index (χ1) is 13.2. The lowest BCUT2D eigenvalue weighted by atomic mass is 9.97. The number of allylic oxidation sites excluding steroid dienone is 1. The first-order valence-corrected chi connectivity index (χ1v) is 9.53. The van der Waals surface area contributed by atoms with Gasteiger partial charge in [-0.05, 0) is 69.4 Å². The van der Waals surface area contributed by atoms with E-state index in [-0.39, 0.29) is 5.91 Å². The molecule has 142 valence electrons. The Morgan fingerprint density at radius 2 is 2.04 bits per heavy atom. The van der Waals surface area contributed by atoms with Crippen molar-refractivity contribution in [1.29, 1.82) is 0 Å². The van der Waals surface area contributed by atoms with Crippen LogP contribution in [-0.2, 0) is 0 Å². The van der Waals surface area contributed by atoms with Crippen molar-refractivity contribution < 1.29 is 9.53 Å². The summed E-state index contributed by atoms with van der Waals surface area (Å²) >= 11 is 0. The Morgan fingerprint density at radius 3 is 2.78 bits per heavy atom. The van der Waals surface area contributed by atoms with Crippen LogP contribution in [0.5, 0.6) is 5.75 Å². The molecule has 6 heteroatoms. The van der Waals surface area contributed by atoms with Gasteiger partial charge in [0, 0.05) is 18.4 Å². The molecule has 1 amide bonds. The van der Waals surface area contributed by atoms with Gasteiger partial charge in [0.25, 0.3) is 5.91 Å². The zero-order chi connectivity index (χ0) is 18.9. The zero-order valence-corrected chi connectivity index (χ0v) is 15.7. The van der Waals surface area contributed by atoms with Gasteiger partial charge in [0.05, 0.1) is 6.61 Å². The summed E-state index contributed by atoms with van der Waals surface area (Å²) in [6, 6.07) is 9.15. The number of rotatable bonds is 8. The molecule has 1 aliphatic carbocycles. The predicted octanol–water partition coefficient (Wildman–Crippen LogP) is 4.24. The molecule has 0 radical (unpaired) electrons. The first-order valence-electron chi connectivity index (χ1n) is 9.53. The monoisotopic (exact) mass is 366 g/mol. The molecule has 0 unspecified atom stereocenters. The number of aromatic nitrogens is 2. The molecule has 0 fully saturated rings. The molecule has 1 aliphatic rings. The number of carbonyl (C=O) groups excluding carboxylic acids is 1. The summed E-state index contributed by atoms with van der Waals surface area (Å²) in [5.74, 6) is 1.02. The van der Waals surface area contributed by atoms with Crippen LogP contribution in [0.4, 0.5) is 11.6 Å². The van der Waals surface area contributed by atoms with Gasteiger partial charge in [0.15, 0.2) is 0 Å². The fraction of sp³-hybridized carbons (Fsp3) is 0.381. The van der Waals surface area contributed by atoms with Gasteiger partial charge in [0.2, 0.25) is 5.95 Å². The van der Waals surface area contributed by atoms with Crippen molar-refractivity contribution in [2.45, 2.75) is 39.0 Å². The fourth-order valence-corrected chi connectivity index (χ4v) is 3.03. The number of amides is 1.